The van der Waals surface area contributed by atoms with Gasteiger partial charge in [-0.2, -0.15) is 9.58 Å². The first kappa shape index (κ1) is 20.2. The molecule has 0 saturated carbocycles. The van der Waals surface area contributed by atoms with Crippen LogP contribution in [0.5, 0.6) is 0 Å². The molecule has 142 valence electrons. The number of hydrogen-bond acceptors (Lipinski definition) is 7. The zero-order valence-corrected chi connectivity index (χ0v) is 15.1. The molecule has 0 aliphatic rings. The van der Waals surface area contributed by atoms with E-state index < -0.39 is 29.0 Å². The van der Waals surface area contributed by atoms with Crippen LogP contribution in [-0.2, 0) is 14.3 Å². The summed E-state index contributed by atoms with van der Waals surface area (Å²) in [5, 5.41) is 7.49. The highest BCUT2D eigenvalue weighted by atomic mass is 16.5. The first-order chi connectivity index (χ1) is 13.6. The minimum atomic E-state index is -1.04. The lowest BCUT2D eigenvalue weighted by atomic mass is 10.1. The molecule has 0 radical (unpaired) electrons. The summed E-state index contributed by atoms with van der Waals surface area (Å²) in [6.45, 7) is 3.14. The molecule has 1 aromatic heterocycles. The van der Waals surface area contributed by atoms with Crippen LogP contribution in [-0.4, -0.2) is 61.3 Å². The van der Waals surface area contributed by atoms with Gasteiger partial charge in [-0.25, -0.2) is 14.6 Å². The minimum absolute atomic E-state index is 0.00861. The van der Waals surface area contributed by atoms with Gasteiger partial charge in [0.2, 0.25) is 5.69 Å². The summed E-state index contributed by atoms with van der Waals surface area (Å²) in [4.78, 5) is 34.3. The molecular formula is C17H15N7O4. The summed E-state index contributed by atoms with van der Waals surface area (Å²) < 4.78 is 9.67. The highest BCUT2D eigenvalue weighted by molar-refractivity contribution is 6.41. The Morgan fingerprint density at radius 3 is 2.21 bits per heavy atom. The highest BCUT2D eigenvalue weighted by Gasteiger charge is 2.35. The Balaban J connectivity index is 2.67. The van der Waals surface area contributed by atoms with Crippen molar-refractivity contribution in [1.82, 2.24) is 15.2 Å². The molecule has 2 rings (SSSR count). The number of rotatable bonds is 7. The molecule has 1 heterocycles. The molecule has 0 unspecified atom stereocenters. The van der Waals surface area contributed by atoms with Gasteiger partial charge in [-0.3, -0.25) is 0 Å². The molecule has 0 aliphatic heterocycles. The second-order valence-electron chi connectivity index (χ2n) is 5.04. The molecule has 0 fully saturated rings. The van der Waals surface area contributed by atoms with Crippen LogP contribution < -0.4 is 0 Å². The van der Waals surface area contributed by atoms with Crippen molar-refractivity contribution in [1.29, 1.82) is 0 Å². The van der Waals surface area contributed by atoms with Gasteiger partial charge in [-0.05, 0) is 26.0 Å². The summed E-state index contributed by atoms with van der Waals surface area (Å²) in [6.07, 6.45) is 0. The number of nitrogens with zero attached hydrogens (tertiary/aromatic N) is 7. The van der Waals surface area contributed by atoms with Gasteiger partial charge in [0.05, 0.1) is 18.8 Å². The Hall–Kier alpha value is -4.07. The van der Waals surface area contributed by atoms with Crippen molar-refractivity contribution in [3.05, 3.63) is 64.2 Å². The van der Waals surface area contributed by atoms with E-state index in [1.54, 1.807) is 44.2 Å². The molecular weight excluding hydrogens is 366 g/mol. The summed E-state index contributed by atoms with van der Waals surface area (Å²) in [5.41, 5.74) is 17.5. The fraction of sp³-hybridized carbons (Fsp3) is 0.235. The maximum absolute atomic E-state index is 12.2. The monoisotopic (exact) mass is 381 g/mol. The molecule has 0 saturated heterocycles. The lowest BCUT2D eigenvalue weighted by Gasteiger charge is -2.04. The molecule has 0 N–H and O–H groups in total. The molecule has 0 aliphatic carbocycles. The van der Waals surface area contributed by atoms with Crippen LogP contribution in [0.15, 0.2) is 30.3 Å². The van der Waals surface area contributed by atoms with Crippen molar-refractivity contribution in [2.45, 2.75) is 13.8 Å². The lowest BCUT2D eigenvalue weighted by Crippen LogP contribution is -2.27. The van der Waals surface area contributed by atoms with E-state index in [1.807, 2.05) is 0 Å². The first-order valence-corrected chi connectivity index (χ1v) is 8.16. The van der Waals surface area contributed by atoms with Crippen molar-refractivity contribution < 1.29 is 28.6 Å². The lowest BCUT2D eigenvalue weighted by molar-refractivity contribution is -0.139. The first-order valence-electron chi connectivity index (χ1n) is 8.16. The van der Waals surface area contributed by atoms with Crippen LogP contribution in [0.3, 0.4) is 0 Å². The topological polar surface area (TPSA) is 164 Å². The maximum Gasteiger partial charge on any atom is 0.427 e. The Morgan fingerprint density at radius 1 is 0.964 bits per heavy atom. The average Bonchev–Trinajstić information content (AvgIpc) is 2.70. The van der Waals surface area contributed by atoms with E-state index in [2.05, 4.69) is 24.8 Å². The van der Waals surface area contributed by atoms with E-state index in [4.69, 9.17) is 9.47 Å². The van der Waals surface area contributed by atoms with E-state index in [0.29, 0.717) is 5.56 Å². The largest absolute Gasteiger partial charge is 0.461 e. The predicted octanol–water partition coefficient (Wildman–Crippen LogP) is 0.698. The molecule has 1 aromatic carbocycles. The Morgan fingerprint density at radius 2 is 1.64 bits per heavy atom. The van der Waals surface area contributed by atoms with Crippen LogP contribution in [0, 0.1) is 0 Å². The average molecular weight is 381 g/mol. The second-order valence-corrected chi connectivity index (χ2v) is 5.04. The number of carbonyl (C=O) groups is 2. The zero-order chi connectivity index (χ0) is 20.5. The van der Waals surface area contributed by atoms with Gasteiger partial charge in [-0.1, -0.05) is 18.2 Å². The summed E-state index contributed by atoms with van der Waals surface area (Å²) in [5.74, 6) is -2.19. The predicted molar refractivity (Wildman–Crippen MR) is 93.4 cm³/mol. The van der Waals surface area contributed by atoms with Gasteiger partial charge >= 0.3 is 23.4 Å². The molecule has 2 aromatic rings. The summed E-state index contributed by atoms with van der Waals surface area (Å²) in [6, 6.07) is 8.40. The smallest absolute Gasteiger partial charge is 0.427 e. The van der Waals surface area contributed by atoms with Crippen LogP contribution in [0.2, 0.25) is 0 Å². The van der Waals surface area contributed by atoms with E-state index in [-0.39, 0.29) is 24.7 Å². The minimum Gasteiger partial charge on any atom is -0.461 e. The van der Waals surface area contributed by atoms with Crippen molar-refractivity contribution in [2.75, 3.05) is 13.2 Å². The number of carbonyl (C=O) groups excluding carboxylic acids is 2. The van der Waals surface area contributed by atoms with Crippen LogP contribution in [0.25, 0.3) is 11.1 Å². The quantitative estimate of drug-likeness (QED) is 0.295. The molecule has 0 bridgehead atoms. The third-order valence-electron chi connectivity index (χ3n) is 3.31. The van der Waals surface area contributed by atoms with Crippen molar-refractivity contribution in [3.8, 4) is 0 Å². The third kappa shape index (κ3) is 4.36. The molecule has 11 nitrogen and oxygen atoms in total. The number of aromatic nitrogens is 3. The fourth-order valence-electron chi connectivity index (χ4n) is 2.14. The SMILES string of the molecule is CCOC(=O)C(=[N+]=[N-])c1nc(C(=[N+]=[N-])c2ccccc2)nnc1C(=O)OCC. The zero-order valence-electron chi connectivity index (χ0n) is 15.1. The molecule has 11 heteroatoms. The third-order valence-corrected chi connectivity index (χ3v) is 3.31. The summed E-state index contributed by atoms with van der Waals surface area (Å²) >= 11 is 0. The molecule has 28 heavy (non-hydrogen) atoms. The number of hydrogen-bond donors (Lipinski definition) is 0. The Labute approximate surface area is 159 Å². The van der Waals surface area contributed by atoms with E-state index in [9.17, 15) is 20.7 Å². The maximum atomic E-state index is 12.2. The summed E-state index contributed by atoms with van der Waals surface area (Å²) in [7, 11) is 0. The number of esters is 2. The van der Waals surface area contributed by atoms with Gasteiger partial charge in [0.1, 0.15) is 0 Å². The van der Waals surface area contributed by atoms with E-state index in [0.717, 1.165) is 0 Å². The molecule has 0 amide bonds. The van der Waals surface area contributed by atoms with Gasteiger partial charge in [0, 0.05) is 0 Å². The van der Waals surface area contributed by atoms with E-state index in [1.165, 1.54) is 0 Å². The molecule has 0 spiro atoms. The normalized spacial score (nSPS) is 9.64. The van der Waals surface area contributed by atoms with Crippen molar-refractivity contribution >= 4 is 23.4 Å². The van der Waals surface area contributed by atoms with Crippen molar-refractivity contribution in [2.24, 2.45) is 0 Å². The highest BCUT2D eigenvalue weighted by Crippen LogP contribution is 2.10. The number of ether oxygens (including phenoxy) is 2. The fourth-order valence-corrected chi connectivity index (χ4v) is 2.14. The standard InChI is InChI=1S/C17H15N7O4/c1-3-27-16(25)13(22-19)12-14(17(26)28-4-2)23-24-15(20-12)11(21-18)10-8-6-5-7-9-10/h5-9H,3-4H2,1-2H3. The van der Waals surface area contributed by atoms with Gasteiger partial charge in [0.25, 0.3) is 5.82 Å². The van der Waals surface area contributed by atoms with Gasteiger partial charge in [-0.15, -0.1) is 10.2 Å². The van der Waals surface area contributed by atoms with Crippen LogP contribution in [0.1, 0.15) is 41.4 Å². The van der Waals surface area contributed by atoms with Crippen molar-refractivity contribution in [3.63, 3.8) is 0 Å². The number of benzene rings is 1. The van der Waals surface area contributed by atoms with Crippen LogP contribution in [0.4, 0.5) is 0 Å². The second kappa shape index (κ2) is 9.58. The van der Waals surface area contributed by atoms with Gasteiger partial charge in [0.15, 0.2) is 5.69 Å². The Kier molecular flexibility index (Phi) is 6.93. The van der Waals surface area contributed by atoms with Gasteiger partial charge < -0.3 is 20.5 Å². The van der Waals surface area contributed by atoms with Crippen LogP contribution >= 0.6 is 0 Å². The van der Waals surface area contributed by atoms with E-state index >= 15 is 0 Å². The Bertz CT molecular complexity index is 994. The molecule has 0 atom stereocenters.